The fourth-order valence-corrected chi connectivity index (χ4v) is 3.42. The molecule has 4 aromatic rings. The van der Waals surface area contributed by atoms with Crippen LogP contribution in [0.25, 0.3) is 32.7 Å². The van der Waals surface area contributed by atoms with Crippen LogP contribution in [0.3, 0.4) is 0 Å². The Morgan fingerprint density at radius 1 is 0.714 bits per heavy atom. The van der Waals surface area contributed by atoms with Crippen LogP contribution >= 0.6 is 0 Å². The van der Waals surface area contributed by atoms with Crippen molar-refractivity contribution in [3.8, 4) is 11.5 Å². The molecule has 0 unspecified atom stereocenters. The summed E-state index contributed by atoms with van der Waals surface area (Å²) in [5.74, 6) is -0.687. The highest BCUT2D eigenvalue weighted by atomic mass is 16.5. The van der Waals surface area contributed by atoms with Crippen LogP contribution in [-0.2, 0) is 9.59 Å². The van der Waals surface area contributed by atoms with Gasteiger partial charge in [-0.1, -0.05) is 24.3 Å². The first kappa shape index (κ1) is 17.7. The van der Waals surface area contributed by atoms with Gasteiger partial charge in [0.25, 0.3) is 0 Å². The normalized spacial score (nSPS) is 11.1. The first-order valence-electron chi connectivity index (χ1n) is 8.65. The number of Topliss-reactive ketones (excluding diaryl/α,β-unsaturated/α-hetero) is 1. The van der Waals surface area contributed by atoms with Crippen LogP contribution in [0.4, 0.5) is 0 Å². The second kappa shape index (κ2) is 6.49. The number of furan rings is 1. The summed E-state index contributed by atoms with van der Waals surface area (Å²) in [5, 5.41) is 2.82. The van der Waals surface area contributed by atoms with Gasteiger partial charge in [0.1, 0.15) is 28.2 Å². The molecule has 0 bridgehead atoms. The second-order valence-electron chi connectivity index (χ2n) is 6.46. The third-order valence-corrected chi connectivity index (χ3v) is 4.43. The highest BCUT2D eigenvalue weighted by molar-refractivity contribution is 6.21. The first-order valence-corrected chi connectivity index (χ1v) is 8.65. The molecule has 0 aliphatic rings. The standard InChI is InChI=1S/C22H16O6/c1-11(23)20-18(26-12(2)24)9-8-16-17-10-19(27-13(3)25)14-6-4-5-7-15(14)21(17)28-22(16)20/h4-10H,1-3H3. The van der Waals surface area contributed by atoms with E-state index in [1.807, 2.05) is 24.3 Å². The number of rotatable bonds is 3. The molecule has 6 heteroatoms. The van der Waals surface area contributed by atoms with Crippen molar-refractivity contribution >= 4 is 50.4 Å². The van der Waals surface area contributed by atoms with Gasteiger partial charge in [-0.05, 0) is 25.1 Å². The van der Waals surface area contributed by atoms with E-state index in [0.717, 1.165) is 5.39 Å². The molecule has 4 rings (SSSR count). The number of hydrogen-bond donors (Lipinski definition) is 0. The molecule has 0 saturated heterocycles. The predicted molar refractivity (Wildman–Crippen MR) is 104 cm³/mol. The van der Waals surface area contributed by atoms with Gasteiger partial charge in [0, 0.05) is 35.4 Å². The van der Waals surface area contributed by atoms with Gasteiger partial charge in [-0.25, -0.2) is 0 Å². The highest BCUT2D eigenvalue weighted by Crippen LogP contribution is 2.41. The maximum atomic E-state index is 12.3. The summed E-state index contributed by atoms with van der Waals surface area (Å²) < 4.78 is 16.7. The smallest absolute Gasteiger partial charge is 0.308 e. The molecule has 0 atom stereocenters. The van der Waals surface area contributed by atoms with E-state index >= 15 is 0 Å². The Hall–Kier alpha value is -3.67. The molecule has 1 heterocycles. The molecule has 0 aliphatic heterocycles. The molecule has 0 aliphatic carbocycles. The summed E-state index contributed by atoms with van der Waals surface area (Å²) >= 11 is 0. The van der Waals surface area contributed by atoms with Crippen LogP contribution in [0.2, 0.25) is 0 Å². The van der Waals surface area contributed by atoms with Gasteiger partial charge in [0.15, 0.2) is 5.78 Å². The number of ether oxygens (including phenoxy) is 2. The summed E-state index contributed by atoms with van der Waals surface area (Å²) in [4.78, 5) is 35.2. The second-order valence-corrected chi connectivity index (χ2v) is 6.46. The largest absolute Gasteiger partial charge is 0.454 e. The lowest BCUT2D eigenvalue weighted by Gasteiger charge is -2.07. The summed E-state index contributed by atoms with van der Waals surface area (Å²) in [5.41, 5.74) is 1.08. The van der Waals surface area contributed by atoms with E-state index in [4.69, 9.17) is 13.9 Å². The first-order chi connectivity index (χ1) is 13.4. The fourth-order valence-electron chi connectivity index (χ4n) is 3.42. The zero-order valence-corrected chi connectivity index (χ0v) is 15.5. The molecule has 0 radical (unpaired) electrons. The van der Waals surface area contributed by atoms with E-state index in [1.165, 1.54) is 20.8 Å². The van der Waals surface area contributed by atoms with Crippen LogP contribution in [0.15, 0.2) is 46.9 Å². The minimum absolute atomic E-state index is 0.149. The maximum absolute atomic E-state index is 12.3. The lowest BCUT2D eigenvalue weighted by atomic mass is 10.0. The molecule has 0 amide bonds. The van der Waals surface area contributed by atoms with Crippen LogP contribution < -0.4 is 9.47 Å². The highest BCUT2D eigenvalue weighted by Gasteiger charge is 2.22. The molecule has 0 spiro atoms. The average molecular weight is 376 g/mol. The topological polar surface area (TPSA) is 82.8 Å². The Morgan fingerprint density at radius 2 is 1.32 bits per heavy atom. The van der Waals surface area contributed by atoms with Gasteiger partial charge in [0.2, 0.25) is 0 Å². The summed E-state index contributed by atoms with van der Waals surface area (Å²) in [6, 6.07) is 12.4. The zero-order chi connectivity index (χ0) is 20.0. The Kier molecular flexibility index (Phi) is 4.11. The molecule has 3 aromatic carbocycles. The fraction of sp³-hybridized carbons (Fsp3) is 0.136. The van der Waals surface area contributed by atoms with Gasteiger partial charge in [-0.3, -0.25) is 14.4 Å². The molecule has 6 nitrogen and oxygen atoms in total. The Labute approximate surface area is 159 Å². The van der Waals surface area contributed by atoms with Crippen LogP contribution in [0.1, 0.15) is 31.1 Å². The van der Waals surface area contributed by atoms with Crippen molar-refractivity contribution in [3.05, 3.63) is 48.0 Å². The van der Waals surface area contributed by atoms with Gasteiger partial charge in [-0.2, -0.15) is 0 Å². The molecule has 0 fully saturated rings. The summed E-state index contributed by atoms with van der Waals surface area (Å²) in [7, 11) is 0. The number of carbonyl (C=O) groups excluding carboxylic acids is 3. The number of carbonyl (C=O) groups is 3. The maximum Gasteiger partial charge on any atom is 0.308 e. The van der Waals surface area contributed by atoms with Crippen molar-refractivity contribution in [2.45, 2.75) is 20.8 Å². The van der Waals surface area contributed by atoms with Crippen molar-refractivity contribution in [1.82, 2.24) is 0 Å². The molecular weight excluding hydrogens is 360 g/mol. The minimum Gasteiger partial charge on any atom is -0.454 e. The average Bonchev–Trinajstić information content (AvgIpc) is 2.99. The summed E-state index contributed by atoms with van der Waals surface area (Å²) in [6.07, 6.45) is 0. The third-order valence-electron chi connectivity index (χ3n) is 4.43. The Bertz CT molecular complexity index is 1300. The van der Waals surface area contributed by atoms with E-state index in [-0.39, 0.29) is 17.1 Å². The van der Waals surface area contributed by atoms with Crippen LogP contribution in [0, 0.1) is 0 Å². The predicted octanol–water partition coefficient (Wildman–Crippen LogP) is 4.79. The molecule has 1 aromatic heterocycles. The van der Waals surface area contributed by atoms with Gasteiger partial charge >= 0.3 is 11.9 Å². The van der Waals surface area contributed by atoms with Crippen molar-refractivity contribution in [2.24, 2.45) is 0 Å². The van der Waals surface area contributed by atoms with Crippen molar-refractivity contribution in [2.75, 3.05) is 0 Å². The molecule has 0 N–H and O–H groups in total. The number of fused-ring (bicyclic) bond motifs is 5. The Morgan fingerprint density at radius 3 is 1.96 bits per heavy atom. The van der Waals surface area contributed by atoms with E-state index in [9.17, 15) is 14.4 Å². The third kappa shape index (κ3) is 2.79. The van der Waals surface area contributed by atoms with E-state index in [1.54, 1.807) is 18.2 Å². The van der Waals surface area contributed by atoms with Crippen LogP contribution in [-0.4, -0.2) is 17.7 Å². The van der Waals surface area contributed by atoms with E-state index < -0.39 is 11.9 Å². The Balaban J connectivity index is 2.14. The molecule has 0 saturated carbocycles. The van der Waals surface area contributed by atoms with Crippen molar-refractivity contribution in [3.63, 3.8) is 0 Å². The summed E-state index contributed by atoms with van der Waals surface area (Å²) in [6.45, 7) is 3.99. The minimum atomic E-state index is -0.527. The van der Waals surface area contributed by atoms with Gasteiger partial charge in [0.05, 0.1) is 0 Å². The number of benzene rings is 3. The van der Waals surface area contributed by atoms with Gasteiger partial charge < -0.3 is 13.9 Å². The van der Waals surface area contributed by atoms with E-state index in [0.29, 0.717) is 33.1 Å². The molecule has 28 heavy (non-hydrogen) atoms. The zero-order valence-electron chi connectivity index (χ0n) is 15.5. The monoisotopic (exact) mass is 376 g/mol. The van der Waals surface area contributed by atoms with Gasteiger partial charge in [-0.15, -0.1) is 0 Å². The number of hydrogen-bond acceptors (Lipinski definition) is 6. The van der Waals surface area contributed by atoms with Crippen LogP contribution in [0.5, 0.6) is 11.5 Å². The number of ketones is 1. The quantitative estimate of drug-likeness (QED) is 0.290. The van der Waals surface area contributed by atoms with Crippen molar-refractivity contribution < 1.29 is 28.3 Å². The van der Waals surface area contributed by atoms with Crippen molar-refractivity contribution in [1.29, 1.82) is 0 Å². The lowest BCUT2D eigenvalue weighted by molar-refractivity contribution is -0.132. The number of esters is 2. The molecule has 140 valence electrons. The van der Waals surface area contributed by atoms with E-state index in [2.05, 4.69) is 0 Å². The molecular formula is C22H16O6. The lowest BCUT2D eigenvalue weighted by Crippen LogP contribution is -2.06. The SMILES string of the molecule is CC(=O)Oc1ccc2c(oc3c4ccccc4c(OC(C)=O)cc23)c1C(C)=O.